The monoisotopic (exact) mass is 297 g/mol. The van der Waals surface area contributed by atoms with Crippen LogP contribution in [-0.4, -0.2) is 15.0 Å². The average molecular weight is 297 g/mol. The highest BCUT2D eigenvalue weighted by Crippen LogP contribution is 2.36. The van der Waals surface area contributed by atoms with Crippen molar-refractivity contribution < 1.29 is 4.42 Å². The molecule has 1 aromatic carbocycles. The fourth-order valence-corrected chi connectivity index (χ4v) is 3.04. The molecule has 0 fully saturated rings. The molecule has 0 aliphatic carbocycles. The van der Waals surface area contributed by atoms with E-state index < -0.39 is 0 Å². The molecule has 5 aromatic rings. The van der Waals surface area contributed by atoms with Gasteiger partial charge in [0.1, 0.15) is 11.2 Å². The standard InChI is InChI=1S/C19H11N3O/c1-2-6-15-12(4-1)17-16(23-15)8-11-22-19(17)13-7-10-20-14-5-3-9-21-18(13)14/h1-11H. The van der Waals surface area contributed by atoms with Crippen molar-refractivity contribution in [3.63, 3.8) is 0 Å². The van der Waals surface area contributed by atoms with Gasteiger partial charge in [0.05, 0.1) is 22.1 Å². The maximum atomic E-state index is 5.95. The zero-order valence-corrected chi connectivity index (χ0v) is 12.1. The molecule has 0 aliphatic heterocycles. The van der Waals surface area contributed by atoms with E-state index in [0.29, 0.717) is 0 Å². The van der Waals surface area contributed by atoms with Crippen LogP contribution in [0.25, 0.3) is 44.2 Å². The van der Waals surface area contributed by atoms with Gasteiger partial charge >= 0.3 is 0 Å². The molecule has 4 aromatic heterocycles. The van der Waals surface area contributed by atoms with E-state index >= 15 is 0 Å². The Morgan fingerprint density at radius 2 is 1.61 bits per heavy atom. The molecule has 0 spiro atoms. The molecule has 23 heavy (non-hydrogen) atoms. The van der Waals surface area contributed by atoms with Gasteiger partial charge in [-0.15, -0.1) is 0 Å². The molecular formula is C19H11N3O. The Morgan fingerprint density at radius 1 is 0.696 bits per heavy atom. The third-order valence-corrected chi connectivity index (χ3v) is 4.04. The van der Waals surface area contributed by atoms with Gasteiger partial charge in [0.2, 0.25) is 0 Å². The lowest BCUT2D eigenvalue weighted by molar-refractivity contribution is 0.668. The van der Waals surface area contributed by atoms with E-state index in [9.17, 15) is 0 Å². The van der Waals surface area contributed by atoms with E-state index in [2.05, 4.69) is 21.0 Å². The molecule has 0 atom stereocenters. The number of furan rings is 1. The van der Waals surface area contributed by atoms with Crippen LogP contribution >= 0.6 is 0 Å². The van der Waals surface area contributed by atoms with Crippen molar-refractivity contribution >= 4 is 33.0 Å². The van der Waals surface area contributed by atoms with E-state index in [1.165, 1.54) is 0 Å². The van der Waals surface area contributed by atoms with E-state index in [-0.39, 0.29) is 0 Å². The lowest BCUT2D eigenvalue weighted by atomic mass is 10.0. The summed E-state index contributed by atoms with van der Waals surface area (Å²) < 4.78 is 5.95. The fourth-order valence-electron chi connectivity index (χ4n) is 3.04. The number of pyridine rings is 3. The molecule has 0 aliphatic rings. The number of hydrogen-bond acceptors (Lipinski definition) is 4. The molecule has 4 heteroatoms. The van der Waals surface area contributed by atoms with Crippen molar-refractivity contribution in [3.8, 4) is 11.3 Å². The first-order valence-corrected chi connectivity index (χ1v) is 7.38. The Bertz CT molecular complexity index is 1170. The summed E-state index contributed by atoms with van der Waals surface area (Å²) >= 11 is 0. The summed E-state index contributed by atoms with van der Waals surface area (Å²) in [6, 6.07) is 15.7. The minimum atomic E-state index is 0.831. The summed E-state index contributed by atoms with van der Waals surface area (Å²) in [6.45, 7) is 0. The Hall–Kier alpha value is -3.27. The summed E-state index contributed by atoms with van der Waals surface area (Å²) in [5.41, 5.74) is 5.24. The normalized spacial score (nSPS) is 11.5. The van der Waals surface area contributed by atoms with Crippen LogP contribution in [0.4, 0.5) is 0 Å². The van der Waals surface area contributed by atoms with Gasteiger partial charge in [-0.2, -0.15) is 0 Å². The summed E-state index contributed by atoms with van der Waals surface area (Å²) in [7, 11) is 0. The lowest BCUT2D eigenvalue weighted by Gasteiger charge is -2.05. The number of benzene rings is 1. The molecule has 4 nitrogen and oxygen atoms in total. The highest BCUT2D eigenvalue weighted by Gasteiger charge is 2.15. The van der Waals surface area contributed by atoms with Crippen LogP contribution in [-0.2, 0) is 0 Å². The molecule has 5 rings (SSSR count). The van der Waals surface area contributed by atoms with Crippen LogP contribution in [0, 0.1) is 0 Å². The Morgan fingerprint density at radius 3 is 2.61 bits per heavy atom. The molecule has 0 radical (unpaired) electrons. The van der Waals surface area contributed by atoms with Crippen molar-refractivity contribution in [3.05, 3.63) is 67.1 Å². The van der Waals surface area contributed by atoms with Crippen molar-refractivity contribution in [2.24, 2.45) is 0 Å². The van der Waals surface area contributed by atoms with Gasteiger partial charge in [0, 0.05) is 29.5 Å². The Kier molecular flexibility index (Phi) is 2.46. The zero-order chi connectivity index (χ0) is 15.2. The van der Waals surface area contributed by atoms with Gasteiger partial charge in [0.15, 0.2) is 0 Å². The summed E-state index contributed by atoms with van der Waals surface area (Å²) in [5, 5.41) is 2.08. The predicted octanol–water partition coefficient (Wildman–Crippen LogP) is 4.59. The van der Waals surface area contributed by atoms with E-state index in [1.54, 1.807) is 18.6 Å². The van der Waals surface area contributed by atoms with E-state index in [4.69, 9.17) is 4.42 Å². The summed E-state index contributed by atoms with van der Waals surface area (Å²) in [6.07, 6.45) is 5.35. The van der Waals surface area contributed by atoms with Crippen molar-refractivity contribution in [1.82, 2.24) is 15.0 Å². The second-order valence-corrected chi connectivity index (χ2v) is 5.36. The third kappa shape index (κ3) is 1.75. The summed E-state index contributed by atoms with van der Waals surface area (Å²) in [4.78, 5) is 13.5. The molecule has 0 unspecified atom stereocenters. The predicted molar refractivity (Wildman–Crippen MR) is 90.0 cm³/mol. The SMILES string of the molecule is c1cnc2c(-c3nccc4oc5ccccc5c34)ccnc2c1. The molecule has 0 N–H and O–H groups in total. The van der Waals surface area contributed by atoms with Crippen LogP contribution < -0.4 is 0 Å². The Labute approximate surface area is 131 Å². The highest BCUT2D eigenvalue weighted by atomic mass is 16.3. The lowest BCUT2D eigenvalue weighted by Crippen LogP contribution is -1.90. The number of hydrogen-bond donors (Lipinski definition) is 0. The summed E-state index contributed by atoms with van der Waals surface area (Å²) in [5.74, 6) is 0. The third-order valence-electron chi connectivity index (χ3n) is 4.04. The smallest absolute Gasteiger partial charge is 0.139 e. The van der Waals surface area contributed by atoms with Crippen molar-refractivity contribution in [2.45, 2.75) is 0 Å². The van der Waals surface area contributed by atoms with Crippen LogP contribution in [0.5, 0.6) is 0 Å². The van der Waals surface area contributed by atoms with Gasteiger partial charge in [0.25, 0.3) is 0 Å². The van der Waals surface area contributed by atoms with Crippen LogP contribution in [0.1, 0.15) is 0 Å². The van der Waals surface area contributed by atoms with Gasteiger partial charge in [-0.25, -0.2) is 0 Å². The van der Waals surface area contributed by atoms with Crippen LogP contribution in [0.3, 0.4) is 0 Å². The quantitative estimate of drug-likeness (QED) is 0.454. The zero-order valence-electron chi connectivity index (χ0n) is 12.1. The molecule has 108 valence electrons. The first kappa shape index (κ1) is 12.3. The Balaban J connectivity index is 1.96. The van der Waals surface area contributed by atoms with Gasteiger partial charge in [-0.05, 0) is 30.3 Å². The van der Waals surface area contributed by atoms with E-state index in [1.807, 2.05) is 42.5 Å². The molecule has 0 saturated heterocycles. The fraction of sp³-hybridized carbons (Fsp3) is 0. The maximum Gasteiger partial charge on any atom is 0.139 e. The highest BCUT2D eigenvalue weighted by molar-refractivity contribution is 6.13. The number of fused-ring (bicyclic) bond motifs is 4. The number of rotatable bonds is 1. The van der Waals surface area contributed by atoms with Gasteiger partial charge < -0.3 is 4.42 Å². The van der Waals surface area contributed by atoms with Crippen molar-refractivity contribution in [2.75, 3.05) is 0 Å². The second kappa shape index (κ2) is 4.61. The minimum Gasteiger partial charge on any atom is -0.456 e. The largest absolute Gasteiger partial charge is 0.456 e. The molecule has 0 bridgehead atoms. The molecule has 0 amide bonds. The maximum absolute atomic E-state index is 5.95. The van der Waals surface area contributed by atoms with Crippen molar-refractivity contribution in [1.29, 1.82) is 0 Å². The van der Waals surface area contributed by atoms with Gasteiger partial charge in [-0.3, -0.25) is 15.0 Å². The molecule has 0 saturated carbocycles. The van der Waals surface area contributed by atoms with Crippen LogP contribution in [0.2, 0.25) is 0 Å². The first-order chi connectivity index (χ1) is 11.4. The molecule has 4 heterocycles. The topological polar surface area (TPSA) is 51.8 Å². The van der Waals surface area contributed by atoms with Gasteiger partial charge in [-0.1, -0.05) is 18.2 Å². The average Bonchev–Trinajstić information content (AvgIpc) is 3.00. The number of aromatic nitrogens is 3. The molecular weight excluding hydrogens is 286 g/mol. The number of nitrogens with zero attached hydrogens (tertiary/aromatic N) is 3. The second-order valence-electron chi connectivity index (χ2n) is 5.36. The number of para-hydroxylation sites is 1. The first-order valence-electron chi connectivity index (χ1n) is 7.38. The van der Waals surface area contributed by atoms with Crippen LogP contribution in [0.15, 0.2) is 71.5 Å². The van der Waals surface area contributed by atoms with E-state index in [0.717, 1.165) is 44.2 Å². The minimum absolute atomic E-state index is 0.831.